The highest BCUT2D eigenvalue weighted by Crippen LogP contribution is 2.55. The predicted octanol–water partition coefficient (Wildman–Crippen LogP) is 1.19. The van der Waals surface area contributed by atoms with Gasteiger partial charge in [-0.2, -0.15) is 0 Å². The molecule has 1 atom stereocenters. The first-order valence-corrected chi connectivity index (χ1v) is 9.48. The van der Waals surface area contributed by atoms with E-state index in [0.29, 0.717) is 19.5 Å². The van der Waals surface area contributed by atoms with Crippen molar-refractivity contribution >= 4 is 17.9 Å². The lowest BCUT2D eigenvalue weighted by molar-refractivity contribution is -0.141. The second kappa shape index (κ2) is 6.27. The molecule has 4 bridgehead atoms. The highest BCUT2D eigenvalue weighted by atomic mass is 16.4. The molecule has 1 aliphatic heterocycles. The van der Waals surface area contributed by atoms with E-state index in [1.807, 2.05) is 0 Å². The van der Waals surface area contributed by atoms with E-state index in [4.69, 9.17) is 5.11 Å². The van der Waals surface area contributed by atoms with Gasteiger partial charge in [-0.25, -0.2) is 4.79 Å². The molecule has 7 nitrogen and oxygen atoms in total. The standard InChI is InChI=1S/C18H27N3O4/c22-15(10-21-2-1-14(9-21)16(23)24)19-17(25)20-18-6-11-3-12(7-18)5-13(4-11)8-18/h11-14H,1-10H2,(H,23,24)(H2,19,20,22,25). The van der Waals surface area contributed by atoms with Gasteiger partial charge in [0.1, 0.15) is 0 Å². The Kier molecular flexibility index (Phi) is 4.22. The summed E-state index contributed by atoms with van der Waals surface area (Å²) >= 11 is 0. The van der Waals surface area contributed by atoms with Crippen LogP contribution < -0.4 is 10.6 Å². The topological polar surface area (TPSA) is 98.7 Å². The summed E-state index contributed by atoms with van der Waals surface area (Å²) in [5.41, 5.74) is -0.110. The Balaban J connectivity index is 1.26. The molecule has 4 aliphatic carbocycles. The minimum atomic E-state index is -0.817. The minimum absolute atomic E-state index is 0.0814. The zero-order valence-corrected chi connectivity index (χ0v) is 14.5. The number of nitrogens with one attached hydrogen (secondary N) is 2. The Bertz CT molecular complexity index is 556. The van der Waals surface area contributed by atoms with Crippen molar-refractivity contribution in [2.75, 3.05) is 19.6 Å². The molecule has 1 heterocycles. The molecule has 0 spiro atoms. The number of amides is 3. The fourth-order valence-corrected chi connectivity index (χ4v) is 6.08. The van der Waals surface area contributed by atoms with Crippen LogP contribution in [-0.4, -0.2) is 53.1 Å². The van der Waals surface area contributed by atoms with E-state index in [1.54, 1.807) is 4.90 Å². The summed E-state index contributed by atoms with van der Waals surface area (Å²) in [5, 5.41) is 14.6. The Labute approximate surface area is 147 Å². The van der Waals surface area contributed by atoms with Crippen LogP contribution in [0.25, 0.3) is 0 Å². The van der Waals surface area contributed by atoms with Crippen LogP contribution in [-0.2, 0) is 9.59 Å². The second-order valence-electron chi connectivity index (χ2n) is 8.76. The average Bonchev–Trinajstić information content (AvgIpc) is 2.93. The number of urea groups is 1. The molecular weight excluding hydrogens is 322 g/mol. The van der Waals surface area contributed by atoms with Crippen LogP contribution in [0.1, 0.15) is 44.9 Å². The number of carbonyl (C=O) groups excluding carboxylic acids is 2. The lowest BCUT2D eigenvalue weighted by Crippen LogP contribution is -2.62. The van der Waals surface area contributed by atoms with Crippen molar-refractivity contribution in [2.24, 2.45) is 23.7 Å². The summed E-state index contributed by atoms with van der Waals surface area (Å²) in [4.78, 5) is 37.2. The Morgan fingerprint density at radius 2 is 1.64 bits per heavy atom. The van der Waals surface area contributed by atoms with E-state index in [9.17, 15) is 14.4 Å². The molecule has 138 valence electrons. The monoisotopic (exact) mass is 349 g/mol. The zero-order valence-electron chi connectivity index (χ0n) is 14.5. The van der Waals surface area contributed by atoms with Crippen LogP contribution >= 0.6 is 0 Å². The summed E-state index contributed by atoms with van der Waals surface area (Å²) in [6.45, 7) is 1.04. The number of nitrogens with zero attached hydrogens (tertiary/aromatic N) is 1. The number of likely N-dealkylation sites (tertiary alicyclic amines) is 1. The van der Waals surface area contributed by atoms with Crippen LogP contribution in [0, 0.1) is 23.7 Å². The molecule has 5 fully saturated rings. The van der Waals surface area contributed by atoms with Gasteiger partial charge in [-0.15, -0.1) is 0 Å². The molecule has 1 saturated heterocycles. The smallest absolute Gasteiger partial charge is 0.321 e. The molecule has 3 N–H and O–H groups in total. The van der Waals surface area contributed by atoms with Crippen molar-refractivity contribution in [3.8, 4) is 0 Å². The lowest BCUT2D eigenvalue weighted by Gasteiger charge is -2.56. The Morgan fingerprint density at radius 1 is 1.04 bits per heavy atom. The SMILES string of the molecule is O=C(CN1CCC(C(=O)O)C1)NC(=O)NC12CC3CC(CC(C3)C1)C2. The van der Waals surface area contributed by atoms with Gasteiger partial charge in [0.05, 0.1) is 12.5 Å². The summed E-state index contributed by atoms with van der Waals surface area (Å²) in [6.07, 6.45) is 7.62. The molecule has 4 saturated carbocycles. The Hall–Kier alpha value is -1.63. The van der Waals surface area contributed by atoms with Gasteiger partial charge in [0.2, 0.25) is 5.91 Å². The molecule has 0 aromatic rings. The molecule has 5 rings (SSSR count). The number of aliphatic carboxylic acids is 1. The molecule has 0 radical (unpaired) electrons. The molecular formula is C18H27N3O4. The third-order valence-corrected chi connectivity index (χ3v) is 6.66. The van der Waals surface area contributed by atoms with Crippen molar-refractivity contribution in [1.29, 1.82) is 0 Å². The number of hydrogen-bond acceptors (Lipinski definition) is 4. The van der Waals surface area contributed by atoms with Crippen LogP contribution in [0.2, 0.25) is 0 Å². The fraction of sp³-hybridized carbons (Fsp3) is 0.833. The number of imide groups is 1. The van der Waals surface area contributed by atoms with Crippen LogP contribution in [0.15, 0.2) is 0 Å². The maximum absolute atomic E-state index is 12.3. The van der Waals surface area contributed by atoms with Gasteiger partial charge in [0.25, 0.3) is 0 Å². The summed E-state index contributed by atoms with van der Waals surface area (Å²) < 4.78 is 0. The summed E-state index contributed by atoms with van der Waals surface area (Å²) in [7, 11) is 0. The normalized spacial score (nSPS) is 39.4. The Morgan fingerprint density at radius 3 is 2.16 bits per heavy atom. The maximum atomic E-state index is 12.3. The number of carboxylic acids is 1. The van der Waals surface area contributed by atoms with Gasteiger partial charge in [0, 0.05) is 12.1 Å². The predicted molar refractivity (Wildman–Crippen MR) is 89.8 cm³/mol. The number of hydrogen-bond donors (Lipinski definition) is 3. The quantitative estimate of drug-likeness (QED) is 0.708. The van der Waals surface area contributed by atoms with E-state index >= 15 is 0 Å². The molecule has 25 heavy (non-hydrogen) atoms. The first-order valence-electron chi connectivity index (χ1n) is 9.48. The summed E-state index contributed by atoms with van der Waals surface area (Å²) in [5.74, 6) is 0.629. The fourth-order valence-electron chi connectivity index (χ4n) is 6.08. The van der Waals surface area contributed by atoms with Crippen LogP contribution in [0.4, 0.5) is 4.79 Å². The van der Waals surface area contributed by atoms with Gasteiger partial charge in [-0.1, -0.05) is 0 Å². The van der Waals surface area contributed by atoms with Gasteiger partial charge >= 0.3 is 12.0 Å². The van der Waals surface area contributed by atoms with Gasteiger partial charge in [-0.3, -0.25) is 19.8 Å². The molecule has 0 aromatic heterocycles. The highest BCUT2D eigenvalue weighted by Gasteiger charge is 2.51. The number of rotatable bonds is 4. The van der Waals surface area contributed by atoms with Crippen molar-refractivity contribution in [3.63, 3.8) is 0 Å². The third-order valence-electron chi connectivity index (χ3n) is 6.66. The minimum Gasteiger partial charge on any atom is -0.481 e. The molecule has 1 unspecified atom stereocenters. The van der Waals surface area contributed by atoms with Crippen LogP contribution in [0.3, 0.4) is 0 Å². The van der Waals surface area contributed by atoms with E-state index in [-0.39, 0.29) is 24.0 Å². The first kappa shape index (κ1) is 16.8. The lowest BCUT2D eigenvalue weighted by atomic mass is 9.53. The molecule has 0 aromatic carbocycles. The molecule has 3 amide bonds. The number of carboxylic acid groups (broad SMARTS) is 1. The van der Waals surface area contributed by atoms with E-state index < -0.39 is 11.9 Å². The zero-order chi connectivity index (χ0) is 17.6. The van der Waals surface area contributed by atoms with Crippen molar-refractivity contribution in [3.05, 3.63) is 0 Å². The second-order valence-corrected chi connectivity index (χ2v) is 8.76. The van der Waals surface area contributed by atoms with Gasteiger partial charge in [0.15, 0.2) is 0 Å². The van der Waals surface area contributed by atoms with E-state index in [0.717, 1.165) is 37.0 Å². The van der Waals surface area contributed by atoms with Gasteiger partial charge in [-0.05, 0) is 69.2 Å². The highest BCUT2D eigenvalue weighted by molar-refractivity contribution is 5.95. The first-order chi connectivity index (χ1) is 11.9. The molecule has 7 heteroatoms. The van der Waals surface area contributed by atoms with Crippen molar-refractivity contribution in [1.82, 2.24) is 15.5 Å². The number of carbonyl (C=O) groups is 3. The van der Waals surface area contributed by atoms with Crippen molar-refractivity contribution < 1.29 is 19.5 Å². The summed E-state index contributed by atoms with van der Waals surface area (Å²) in [6, 6.07) is -0.388. The maximum Gasteiger partial charge on any atom is 0.321 e. The van der Waals surface area contributed by atoms with Crippen molar-refractivity contribution in [2.45, 2.75) is 50.5 Å². The molecule has 5 aliphatic rings. The van der Waals surface area contributed by atoms with Crippen LogP contribution in [0.5, 0.6) is 0 Å². The largest absolute Gasteiger partial charge is 0.481 e. The van der Waals surface area contributed by atoms with E-state index in [1.165, 1.54) is 19.3 Å². The van der Waals surface area contributed by atoms with Gasteiger partial charge < -0.3 is 10.4 Å². The average molecular weight is 349 g/mol. The van der Waals surface area contributed by atoms with E-state index in [2.05, 4.69) is 10.6 Å². The third kappa shape index (κ3) is 3.52.